The Hall–Kier alpha value is 0.400. The Morgan fingerprint density at radius 2 is 2.06 bits per heavy atom. The van der Waals surface area contributed by atoms with Crippen LogP contribution in [0.4, 0.5) is 0 Å². The van der Waals surface area contributed by atoms with Crippen molar-refractivity contribution in [1.82, 2.24) is 0 Å². The molecule has 1 aliphatic heterocycles. The van der Waals surface area contributed by atoms with Crippen molar-refractivity contribution >= 4 is 40.9 Å². The molecule has 0 bridgehead atoms. The summed E-state index contributed by atoms with van der Waals surface area (Å²) in [4.78, 5) is 11.2. The molecule has 0 amide bonds. The molecule has 5 heteroatoms. The molecule has 1 N–H and O–H groups in total. The maximum absolute atomic E-state index is 11.2. The largest absolute Gasteiger partial charge is 0.481 e. The van der Waals surface area contributed by atoms with Gasteiger partial charge in [0.2, 0.25) is 0 Å². The lowest BCUT2D eigenvalue weighted by Crippen LogP contribution is -2.54. The van der Waals surface area contributed by atoms with Crippen molar-refractivity contribution in [1.29, 1.82) is 0 Å². The number of halogens is 2. The summed E-state index contributed by atoms with van der Waals surface area (Å²) in [5, 5.41) is 9.18. The first-order valence-corrected chi connectivity index (χ1v) is 7.89. The van der Waals surface area contributed by atoms with Crippen LogP contribution in [0.3, 0.4) is 0 Å². The van der Waals surface area contributed by atoms with E-state index in [9.17, 15) is 9.90 Å². The van der Waals surface area contributed by atoms with Gasteiger partial charge in [0.1, 0.15) is 0 Å². The van der Waals surface area contributed by atoms with Crippen molar-refractivity contribution in [3.8, 4) is 0 Å². The van der Waals surface area contributed by atoms with Crippen molar-refractivity contribution in [2.75, 3.05) is 5.75 Å². The fraction of sp³-hybridized carbons (Fsp3) is 0.917. The van der Waals surface area contributed by atoms with E-state index in [2.05, 4.69) is 13.8 Å². The molecule has 2 fully saturated rings. The summed E-state index contributed by atoms with van der Waals surface area (Å²) in [6.45, 7) is 4.38. The van der Waals surface area contributed by atoms with Crippen LogP contribution >= 0.6 is 35.0 Å². The second-order valence-corrected chi connectivity index (χ2v) is 8.09. The molecule has 17 heavy (non-hydrogen) atoms. The molecule has 5 atom stereocenters. The summed E-state index contributed by atoms with van der Waals surface area (Å²) < 4.78 is 0. The fourth-order valence-corrected chi connectivity index (χ4v) is 6.45. The van der Waals surface area contributed by atoms with Crippen LogP contribution in [-0.4, -0.2) is 32.8 Å². The summed E-state index contributed by atoms with van der Waals surface area (Å²) in [5.41, 5.74) is 0.0869. The van der Waals surface area contributed by atoms with E-state index in [1.54, 1.807) is 0 Å². The molecule has 0 aromatic heterocycles. The highest BCUT2D eigenvalue weighted by molar-refractivity contribution is 8.00. The van der Waals surface area contributed by atoms with Crippen LogP contribution in [0, 0.1) is 17.3 Å². The first kappa shape index (κ1) is 13.8. The Balaban J connectivity index is 2.29. The van der Waals surface area contributed by atoms with Gasteiger partial charge in [-0.15, -0.1) is 23.2 Å². The molecule has 2 rings (SSSR count). The normalized spacial score (nSPS) is 45.1. The monoisotopic (exact) mass is 296 g/mol. The fourth-order valence-electron chi connectivity index (χ4n) is 3.11. The van der Waals surface area contributed by atoms with Crippen LogP contribution in [0.25, 0.3) is 0 Å². The van der Waals surface area contributed by atoms with Gasteiger partial charge in [0.05, 0.1) is 11.3 Å². The SMILES string of the molecule is CC1(C)CCSC2C(Cl)CC(C(=O)O)C(Cl)C21. The van der Waals surface area contributed by atoms with Crippen LogP contribution in [-0.2, 0) is 4.79 Å². The molecule has 1 saturated carbocycles. The number of rotatable bonds is 1. The number of fused-ring (bicyclic) bond motifs is 1. The molecular weight excluding hydrogens is 279 g/mol. The molecule has 5 unspecified atom stereocenters. The van der Waals surface area contributed by atoms with E-state index in [1.807, 2.05) is 11.8 Å². The lowest BCUT2D eigenvalue weighted by Gasteiger charge is -2.51. The molecular formula is C12H18Cl2O2S. The third kappa shape index (κ3) is 2.43. The van der Waals surface area contributed by atoms with Crippen LogP contribution in [0.2, 0.25) is 0 Å². The van der Waals surface area contributed by atoms with Gasteiger partial charge in [-0.05, 0) is 29.9 Å². The highest BCUT2D eigenvalue weighted by Gasteiger charge is 2.53. The first-order valence-electron chi connectivity index (χ1n) is 5.97. The van der Waals surface area contributed by atoms with E-state index in [0.717, 1.165) is 12.2 Å². The second-order valence-electron chi connectivity index (χ2n) is 5.74. The van der Waals surface area contributed by atoms with Crippen LogP contribution in [0.15, 0.2) is 0 Å². The van der Waals surface area contributed by atoms with Gasteiger partial charge in [-0.3, -0.25) is 4.79 Å². The van der Waals surface area contributed by atoms with E-state index in [1.165, 1.54) is 0 Å². The number of thioether (sulfide) groups is 1. The predicted molar refractivity (Wildman–Crippen MR) is 73.2 cm³/mol. The molecule has 0 radical (unpaired) electrons. The minimum atomic E-state index is -0.805. The number of carbonyl (C=O) groups is 1. The van der Waals surface area contributed by atoms with Crippen molar-refractivity contribution < 1.29 is 9.90 Å². The average Bonchev–Trinajstić information content (AvgIpc) is 2.21. The lowest BCUT2D eigenvalue weighted by molar-refractivity contribution is -0.143. The molecule has 1 aliphatic carbocycles. The Bertz CT molecular complexity index is 322. The van der Waals surface area contributed by atoms with Crippen molar-refractivity contribution in [2.24, 2.45) is 17.3 Å². The highest BCUT2D eigenvalue weighted by atomic mass is 35.5. The molecule has 98 valence electrons. The zero-order valence-electron chi connectivity index (χ0n) is 10.0. The quantitative estimate of drug-likeness (QED) is 0.753. The van der Waals surface area contributed by atoms with Gasteiger partial charge in [-0.25, -0.2) is 0 Å². The van der Waals surface area contributed by atoms with E-state index in [4.69, 9.17) is 23.2 Å². The summed E-state index contributed by atoms with van der Waals surface area (Å²) in [6, 6.07) is 0. The van der Waals surface area contributed by atoms with Crippen LogP contribution in [0.5, 0.6) is 0 Å². The molecule has 1 heterocycles. The predicted octanol–water partition coefficient (Wildman–Crippen LogP) is 3.45. The zero-order chi connectivity index (χ0) is 12.8. The third-order valence-electron chi connectivity index (χ3n) is 4.19. The van der Waals surface area contributed by atoms with Gasteiger partial charge in [0, 0.05) is 10.6 Å². The van der Waals surface area contributed by atoms with Crippen LogP contribution < -0.4 is 0 Å². The minimum absolute atomic E-state index is 0.0688. The average molecular weight is 297 g/mol. The standard InChI is InChI=1S/C12H18Cl2O2S/c1-12(2)3-4-17-10-7(13)5-6(11(15)16)9(14)8(10)12/h6-10H,3-5H2,1-2H3,(H,15,16). The second kappa shape index (κ2) is 4.82. The van der Waals surface area contributed by atoms with E-state index < -0.39 is 11.9 Å². The van der Waals surface area contributed by atoms with E-state index >= 15 is 0 Å². The zero-order valence-corrected chi connectivity index (χ0v) is 12.4. The Morgan fingerprint density at radius 3 is 2.65 bits per heavy atom. The Kier molecular flexibility index (Phi) is 3.92. The maximum atomic E-state index is 11.2. The number of alkyl halides is 2. The van der Waals surface area contributed by atoms with Crippen molar-refractivity contribution in [2.45, 2.75) is 42.7 Å². The molecule has 1 saturated heterocycles. The lowest BCUT2D eigenvalue weighted by atomic mass is 9.66. The maximum Gasteiger partial charge on any atom is 0.308 e. The van der Waals surface area contributed by atoms with Crippen molar-refractivity contribution in [3.63, 3.8) is 0 Å². The summed E-state index contributed by atoms with van der Waals surface area (Å²) in [5.74, 6) is -0.0159. The van der Waals surface area contributed by atoms with E-state index in [-0.39, 0.29) is 22.1 Å². The Morgan fingerprint density at radius 1 is 1.41 bits per heavy atom. The number of aliphatic carboxylic acids is 1. The van der Waals surface area contributed by atoms with Gasteiger partial charge in [0.25, 0.3) is 0 Å². The van der Waals surface area contributed by atoms with Gasteiger partial charge in [-0.2, -0.15) is 11.8 Å². The summed E-state index contributed by atoms with van der Waals surface area (Å²) >= 11 is 14.7. The third-order valence-corrected chi connectivity index (χ3v) is 6.81. The van der Waals surface area contributed by atoms with Crippen LogP contribution in [0.1, 0.15) is 26.7 Å². The number of hydrogen-bond donors (Lipinski definition) is 1. The molecule has 0 spiro atoms. The smallest absolute Gasteiger partial charge is 0.308 e. The molecule has 0 aromatic rings. The molecule has 2 nitrogen and oxygen atoms in total. The molecule has 2 aliphatic rings. The van der Waals surface area contributed by atoms with Crippen molar-refractivity contribution in [3.05, 3.63) is 0 Å². The number of hydrogen-bond acceptors (Lipinski definition) is 2. The van der Waals surface area contributed by atoms with E-state index in [0.29, 0.717) is 11.7 Å². The minimum Gasteiger partial charge on any atom is -0.481 e. The van der Waals surface area contributed by atoms with Gasteiger partial charge < -0.3 is 5.11 Å². The highest BCUT2D eigenvalue weighted by Crippen LogP contribution is 2.54. The summed E-state index contributed by atoms with van der Waals surface area (Å²) in [6.07, 6.45) is 1.58. The van der Waals surface area contributed by atoms with Gasteiger partial charge in [0.15, 0.2) is 0 Å². The topological polar surface area (TPSA) is 37.3 Å². The summed E-state index contributed by atoms with van der Waals surface area (Å²) in [7, 11) is 0. The first-order chi connectivity index (χ1) is 7.84. The Labute approximate surface area is 116 Å². The number of carboxylic acids is 1. The van der Waals surface area contributed by atoms with Gasteiger partial charge >= 0.3 is 5.97 Å². The van der Waals surface area contributed by atoms with Gasteiger partial charge in [-0.1, -0.05) is 13.8 Å². The number of carboxylic acid groups (broad SMARTS) is 1. The molecule has 0 aromatic carbocycles.